The highest BCUT2D eigenvalue weighted by atomic mass is 35.5. The standard InChI is InChI=1S/C18H12ClNO4/c19-12-7-5-11(6-8-12)9-15-13-3-1-2-4-14(13)17(23)20(18(15)24)10-16(21)22/h1-9H,10H2,(H,21,22)/b15-9-. The van der Waals surface area contributed by atoms with Crippen molar-refractivity contribution in [1.82, 2.24) is 4.90 Å². The molecule has 0 atom stereocenters. The molecule has 0 bridgehead atoms. The van der Waals surface area contributed by atoms with Crippen LogP contribution in [-0.2, 0) is 9.59 Å². The Kier molecular flexibility index (Phi) is 4.18. The topological polar surface area (TPSA) is 74.7 Å². The monoisotopic (exact) mass is 341 g/mol. The smallest absolute Gasteiger partial charge is 0.323 e. The number of halogens is 1. The molecule has 0 saturated heterocycles. The molecule has 2 aromatic rings. The Morgan fingerprint density at radius 2 is 1.62 bits per heavy atom. The summed E-state index contributed by atoms with van der Waals surface area (Å²) in [6, 6.07) is 13.5. The van der Waals surface area contributed by atoms with E-state index in [0.29, 0.717) is 16.1 Å². The summed E-state index contributed by atoms with van der Waals surface area (Å²) in [6.45, 7) is -0.677. The van der Waals surface area contributed by atoms with Gasteiger partial charge in [0.25, 0.3) is 11.8 Å². The van der Waals surface area contributed by atoms with E-state index >= 15 is 0 Å². The maximum Gasteiger partial charge on any atom is 0.323 e. The van der Waals surface area contributed by atoms with Crippen LogP contribution in [0.3, 0.4) is 0 Å². The number of carbonyl (C=O) groups excluding carboxylic acids is 2. The molecule has 0 saturated carbocycles. The summed E-state index contributed by atoms with van der Waals surface area (Å²) in [5.74, 6) is -2.48. The van der Waals surface area contributed by atoms with E-state index < -0.39 is 24.3 Å². The molecule has 3 rings (SSSR count). The predicted octanol–water partition coefficient (Wildman–Crippen LogP) is 2.95. The lowest BCUT2D eigenvalue weighted by Crippen LogP contribution is -2.44. The lowest BCUT2D eigenvalue weighted by Gasteiger charge is -2.27. The molecule has 0 unspecified atom stereocenters. The van der Waals surface area contributed by atoms with Gasteiger partial charge in [0.05, 0.1) is 0 Å². The first-order valence-corrected chi connectivity index (χ1v) is 7.50. The van der Waals surface area contributed by atoms with Gasteiger partial charge >= 0.3 is 5.97 Å². The number of aliphatic carboxylic acids is 1. The molecule has 24 heavy (non-hydrogen) atoms. The van der Waals surface area contributed by atoms with Gasteiger partial charge in [0.15, 0.2) is 0 Å². The van der Waals surface area contributed by atoms with Gasteiger partial charge in [-0.25, -0.2) is 0 Å². The Bertz CT molecular complexity index is 871. The summed E-state index contributed by atoms with van der Waals surface area (Å²) >= 11 is 5.86. The van der Waals surface area contributed by atoms with Gasteiger partial charge in [-0.15, -0.1) is 0 Å². The number of carbonyl (C=O) groups is 3. The summed E-state index contributed by atoms with van der Waals surface area (Å²) in [4.78, 5) is 36.8. The zero-order chi connectivity index (χ0) is 17.3. The number of fused-ring (bicyclic) bond motifs is 1. The molecule has 0 spiro atoms. The quantitative estimate of drug-likeness (QED) is 0.688. The summed E-state index contributed by atoms with van der Waals surface area (Å²) in [5, 5.41) is 9.54. The summed E-state index contributed by atoms with van der Waals surface area (Å²) < 4.78 is 0. The van der Waals surface area contributed by atoms with Crippen LogP contribution < -0.4 is 0 Å². The third kappa shape index (κ3) is 2.94. The van der Waals surface area contributed by atoms with Crippen LogP contribution in [0, 0.1) is 0 Å². The molecular weight excluding hydrogens is 330 g/mol. The first-order valence-electron chi connectivity index (χ1n) is 7.12. The van der Waals surface area contributed by atoms with E-state index in [1.807, 2.05) is 0 Å². The molecule has 1 heterocycles. The fourth-order valence-corrected chi connectivity index (χ4v) is 2.67. The zero-order valence-electron chi connectivity index (χ0n) is 12.4. The molecule has 0 aromatic heterocycles. The lowest BCUT2D eigenvalue weighted by molar-refractivity contribution is -0.141. The first-order chi connectivity index (χ1) is 11.5. The van der Waals surface area contributed by atoms with E-state index in [0.717, 1.165) is 10.5 Å². The molecule has 5 nitrogen and oxygen atoms in total. The fraction of sp³-hybridized carbons (Fsp3) is 0.0556. The highest BCUT2D eigenvalue weighted by molar-refractivity contribution is 6.34. The van der Waals surface area contributed by atoms with Crippen LogP contribution in [0.25, 0.3) is 11.6 Å². The van der Waals surface area contributed by atoms with Crippen molar-refractivity contribution in [2.75, 3.05) is 6.54 Å². The van der Waals surface area contributed by atoms with Crippen molar-refractivity contribution in [2.24, 2.45) is 0 Å². The van der Waals surface area contributed by atoms with Gasteiger partial charge in [-0.2, -0.15) is 0 Å². The van der Waals surface area contributed by atoms with Crippen LogP contribution in [0.1, 0.15) is 21.5 Å². The van der Waals surface area contributed by atoms with Crippen molar-refractivity contribution in [2.45, 2.75) is 0 Å². The minimum Gasteiger partial charge on any atom is -0.480 e. The normalized spacial score (nSPS) is 15.5. The Morgan fingerprint density at radius 3 is 2.25 bits per heavy atom. The van der Waals surface area contributed by atoms with Crippen molar-refractivity contribution >= 4 is 41.0 Å². The van der Waals surface area contributed by atoms with Crippen LogP contribution in [0.2, 0.25) is 5.02 Å². The number of carboxylic acids is 1. The fourth-order valence-electron chi connectivity index (χ4n) is 2.55. The van der Waals surface area contributed by atoms with E-state index in [1.165, 1.54) is 0 Å². The molecule has 1 aliphatic heterocycles. The molecule has 6 heteroatoms. The average Bonchev–Trinajstić information content (AvgIpc) is 2.57. The molecule has 2 amide bonds. The van der Waals surface area contributed by atoms with Crippen molar-refractivity contribution in [1.29, 1.82) is 0 Å². The highest BCUT2D eigenvalue weighted by Gasteiger charge is 2.35. The van der Waals surface area contributed by atoms with Crippen LogP contribution in [-0.4, -0.2) is 34.3 Å². The minimum absolute atomic E-state index is 0.272. The third-order valence-corrected chi connectivity index (χ3v) is 3.89. The largest absolute Gasteiger partial charge is 0.480 e. The number of hydrogen-bond acceptors (Lipinski definition) is 3. The molecule has 120 valence electrons. The van der Waals surface area contributed by atoms with Gasteiger partial charge in [0.2, 0.25) is 0 Å². The summed E-state index contributed by atoms with van der Waals surface area (Å²) in [7, 11) is 0. The maximum absolute atomic E-state index is 12.7. The van der Waals surface area contributed by atoms with Crippen molar-refractivity contribution in [3.8, 4) is 0 Å². The Morgan fingerprint density at radius 1 is 1.00 bits per heavy atom. The second-order valence-corrected chi connectivity index (χ2v) is 5.68. The van der Waals surface area contributed by atoms with Crippen molar-refractivity contribution in [3.63, 3.8) is 0 Å². The second-order valence-electron chi connectivity index (χ2n) is 5.25. The maximum atomic E-state index is 12.7. The Balaban J connectivity index is 2.14. The number of benzene rings is 2. The van der Waals surface area contributed by atoms with E-state index in [9.17, 15) is 14.4 Å². The number of imide groups is 1. The number of nitrogens with zero attached hydrogens (tertiary/aromatic N) is 1. The predicted molar refractivity (Wildman–Crippen MR) is 89.4 cm³/mol. The van der Waals surface area contributed by atoms with Crippen LogP contribution in [0.5, 0.6) is 0 Å². The van der Waals surface area contributed by atoms with Crippen molar-refractivity contribution in [3.05, 3.63) is 70.2 Å². The first kappa shape index (κ1) is 16.0. The third-order valence-electron chi connectivity index (χ3n) is 3.64. The molecule has 0 aliphatic carbocycles. The zero-order valence-corrected chi connectivity index (χ0v) is 13.2. The minimum atomic E-state index is -1.25. The SMILES string of the molecule is O=C(O)CN1C(=O)/C(=C\c2ccc(Cl)cc2)c2ccccc2C1=O. The van der Waals surface area contributed by atoms with Gasteiger partial charge in [0, 0.05) is 16.2 Å². The van der Waals surface area contributed by atoms with Crippen LogP contribution in [0.4, 0.5) is 0 Å². The highest BCUT2D eigenvalue weighted by Crippen LogP contribution is 2.30. The van der Waals surface area contributed by atoms with Crippen molar-refractivity contribution < 1.29 is 19.5 Å². The van der Waals surface area contributed by atoms with Gasteiger partial charge < -0.3 is 5.11 Å². The Labute approximate surface area is 142 Å². The molecule has 0 radical (unpaired) electrons. The number of carboxylic acid groups (broad SMARTS) is 1. The average molecular weight is 342 g/mol. The molecule has 0 fully saturated rings. The molecule has 1 N–H and O–H groups in total. The van der Waals surface area contributed by atoms with E-state index in [4.69, 9.17) is 16.7 Å². The van der Waals surface area contributed by atoms with Crippen LogP contribution >= 0.6 is 11.6 Å². The van der Waals surface area contributed by atoms with Gasteiger partial charge in [-0.1, -0.05) is 41.9 Å². The number of rotatable bonds is 3. The van der Waals surface area contributed by atoms with Gasteiger partial charge in [-0.05, 0) is 35.4 Å². The van der Waals surface area contributed by atoms with E-state index in [1.54, 1.807) is 54.6 Å². The number of hydrogen-bond donors (Lipinski definition) is 1. The molecule has 1 aliphatic rings. The van der Waals surface area contributed by atoms with Gasteiger partial charge in [0.1, 0.15) is 6.54 Å². The number of amides is 2. The lowest BCUT2D eigenvalue weighted by atomic mass is 9.92. The second kappa shape index (κ2) is 6.29. The summed E-state index contributed by atoms with van der Waals surface area (Å²) in [6.07, 6.45) is 1.62. The van der Waals surface area contributed by atoms with E-state index in [2.05, 4.69) is 0 Å². The van der Waals surface area contributed by atoms with Crippen LogP contribution in [0.15, 0.2) is 48.5 Å². The summed E-state index contributed by atoms with van der Waals surface area (Å²) in [5.41, 5.74) is 1.79. The van der Waals surface area contributed by atoms with E-state index in [-0.39, 0.29) is 5.57 Å². The molecule has 2 aromatic carbocycles. The molecular formula is C18H12ClNO4. The Hall–Kier alpha value is -2.92. The van der Waals surface area contributed by atoms with Gasteiger partial charge in [-0.3, -0.25) is 19.3 Å².